The molecule has 144 valence electrons. The lowest BCUT2D eigenvalue weighted by Gasteiger charge is -2.41. The Hall–Kier alpha value is -2.86. The van der Waals surface area contributed by atoms with E-state index in [0.29, 0.717) is 11.8 Å². The lowest BCUT2D eigenvalue weighted by atomic mass is 9.62. The first kappa shape index (κ1) is 18.2. The summed E-state index contributed by atoms with van der Waals surface area (Å²) in [6, 6.07) is 26.6. The molecule has 2 atom stereocenters. The second-order valence-electron chi connectivity index (χ2n) is 9.27. The van der Waals surface area contributed by atoms with Crippen molar-refractivity contribution in [1.82, 2.24) is 0 Å². The van der Waals surface area contributed by atoms with Crippen LogP contribution in [0, 0.1) is 5.41 Å². The standard InChI is InChI=1S/C29H28/c1-19-17-22-13-8-9-14-24(22)27(19)29(3,4)28-20(2)18-26-23(15-10-16-25(26)28)21-11-6-5-7-12-21/h5-18,27-28H,1-4H3. The Morgan fingerprint density at radius 1 is 0.621 bits per heavy atom. The highest BCUT2D eigenvalue weighted by molar-refractivity contribution is 5.82. The molecule has 0 N–H and O–H groups in total. The van der Waals surface area contributed by atoms with Gasteiger partial charge in [0.25, 0.3) is 0 Å². The molecule has 0 spiro atoms. The van der Waals surface area contributed by atoms with Crippen molar-refractivity contribution >= 4 is 12.2 Å². The van der Waals surface area contributed by atoms with Crippen molar-refractivity contribution in [1.29, 1.82) is 0 Å². The smallest absolute Gasteiger partial charge is 0.0115 e. The third-order valence-electron chi connectivity index (χ3n) is 7.00. The molecule has 0 heterocycles. The van der Waals surface area contributed by atoms with Gasteiger partial charge in [0, 0.05) is 11.8 Å². The van der Waals surface area contributed by atoms with Gasteiger partial charge >= 0.3 is 0 Å². The minimum atomic E-state index is 0.0916. The molecule has 0 nitrogen and oxygen atoms in total. The number of rotatable bonds is 3. The maximum Gasteiger partial charge on any atom is 0.0115 e. The lowest BCUT2D eigenvalue weighted by molar-refractivity contribution is 0.275. The predicted molar refractivity (Wildman–Crippen MR) is 125 cm³/mol. The summed E-state index contributed by atoms with van der Waals surface area (Å²) in [6.07, 6.45) is 4.82. The Morgan fingerprint density at radius 3 is 2.03 bits per heavy atom. The number of benzene rings is 3. The summed E-state index contributed by atoms with van der Waals surface area (Å²) in [6.45, 7) is 9.55. The van der Waals surface area contributed by atoms with Gasteiger partial charge in [0.2, 0.25) is 0 Å². The largest absolute Gasteiger partial charge is 0.0646 e. The second kappa shape index (κ2) is 6.59. The summed E-state index contributed by atoms with van der Waals surface area (Å²) in [5, 5.41) is 0. The van der Waals surface area contributed by atoms with Gasteiger partial charge in [-0.1, -0.05) is 110 Å². The van der Waals surface area contributed by atoms with Crippen LogP contribution in [0.2, 0.25) is 0 Å². The van der Waals surface area contributed by atoms with Crippen LogP contribution in [0.15, 0.2) is 83.9 Å². The van der Waals surface area contributed by atoms with E-state index in [2.05, 4.69) is 113 Å². The average molecular weight is 377 g/mol. The van der Waals surface area contributed by atoms with Crippen LogP contribution in [-0.4, -0.2) is 0 Å². The SMILES string of the molecule is CC1=Cc2ccccc2C1C(C)(C)C1C(C)=Cc2c(-c3ccccc3)cccc21. The first-order valence-electron chi connectivity index (χ1n) is 10.6. The van der Waals surface area contributed by atoms with Crippen LogP contribution >= 0.6 is 0 Å². The molecule has 2 unspecified atom stereocenters. The molecule has 0 saturated heterocycles. The fraction of sp³-hybridized carbons (Fsp3) is 0.241. The predicted octanol–water partition coefficient (Wildman–Crippen LogP) is 8.08. The van der Waals surface area contributed by atoms with Gasteiger partial charge in [-0.3, -0.25) is 0 Å². The molecule has 5 rings (SSSR count). The molecule has 0 aliphatic heterocycles. The Balaban J connectivity index is 1.63. The topological polar surface area (TPSA) is 0 Å². The van der Waals surface area contributed by atoms with E-state index in [4.69, 9.17) is 0 Å². The zero-order chi connectivity index (χ0) is 20.2. The molecule has 2 aliphatic carbocycles. The molecule has 2 aliphatic rings. The van der Waals surface area contributed by atoms with E-state index in [1.165, 1.54) is 44.5 Å². The summed E-state index contributed by atoms with van der Waals surface area (Å²) in [5.41, 5.74) is 11.5. The van der Waals surface area contributed by atoms with E-state index in [1.54, 1.807) is 0 Å². The van der Waals surface area contributed by atoms with Gasteiger partial charge in [0.05, 0.1) is 0 Å². The fourth-order valence-corrected chi connectivity index (χ4v) is 6.04. The van der Waals surface area contributed by atoms with Crippen LogP contribution in [0.3, 0.4) is 0 Å². The summed E-state index contributed by atoms with van der Waals surface area (Å²) in [5.74, 6) is 0.860. The van der Waals surface area contributed by atoms with Crippen LogP contribution in [0.25, 0.3) is 23.3 Å². The van der Waals surface area contributed by atoms with Crippen molar-refractivity contribution < 1.29 is 0 Å². The normalized spacial score (nSPS) is 20.1. The third-order valence-corrected chi connectivity index (χ3v) is 7.00. The van der Waals surface area contributed by atoms with Gasteiger partial charge in [-0.25, -0.2) is 0 Å². The first-order valence-corrected chi connectivity index (χ1v) is 10.6. The average Bonchev–Trinajstić information content (AvgIpc) is 3.24. The molecular formula is C29H28. The van der Waals surface area contributed by atoms with Crippen LogP contribution in [0.5, 0.6) is 0 Å². The van der Waals surface area contributed by atoms with E-state index in [9.17, 15) is 0 Å². The number of fused-ring (bicyclic) bond motifs is 2. The summed E-state index contributed by atoms with van der Waals surface area (Å²) in [7, 11) is 0. The van der Waals surface area contributed by atoms with Crippen LogP contribution in [-0.2, 0) is 0 Å². The zero-order valence-electron chi connectivity index (χ0n) is 17.7. The zero-order valence-corrected chi connectivity index (χ0v) is 17.7. The molecule has 29 heavy (non-hydrogen) atoms. The number of hydrogen-bond acceptors (Lipinski definition) is 0. The Bertz CT molecular complexity index is 1140. The van der Waals surface area contributed by atoms with Gasteiger partial charge < -0.3 is 0 Å². The molecule has 0 saturated carbocycles. The number of hydrogen-bond donors (Lipinski definition) is 0. The van der Waals surface area contributed by atoms with Crippen molar-refractivity contribution in [2.75, 3.05) is 0 Å². The van der Waals surface area contributed by atoms with Gasteiger partial charge in [-0.2, -0.15) is 0 Å². The van der Waals surface area contributed by atoms with Crippen molar-refractivity contribution in [3.63, 3.8) is 0 Å². The molecule has 3 aromatic carbocycles. The molecule has 0 bridgehead atoms. The highest BCUT2D eigenvalue weighted by Gasteiger charge is 2.45. The Kier molecular flexibility index (Phi) is 4.13. The van der Waals surface area contributed by atoms with E-state index < -0.39 is 0 Å². The number of allylic oxidation sites excluding steroid dienone is 2. The molecule has 0 fully saturated rings. The molecule has 0 heteroatoms. The minimum absolute atomic E-state index is 0.0916. The molecular weight excluding hydrogens is 348 g/mol. The van der Waals surface area contributed by atoms with Gasteiger partial charge in [-0.05, 0) is 52.6 Å². The summed E-state index contributed by atoms with van der Waals surface area (Å²) in [4.78, 5) is 0. The monoisotopic (exact) mass is 376 g/mol. The maximum absolute atomic E-state index is 2.46. The van der Waals surface area contributed by atoms with Crippen molar-refractivity contribution in [3.05, 3.63) is 106 Å². The van der Waals surface area contributed by atoms with Crippen molar-refractivity contribution in [2.45, 2.75) is 39.5 Å². The fourth-order valence-electron chi connectivity index (χ4n) is 6.04. The highest BCUT2D eigenvalue weighted by Crippen LogP contribution is 2.58. The van der Waals surface area contributed by atoms with Crippen LogP contribution in [0.1, 0.15) is 61.8 Å². The van der Waals surface area contributed by atoms with Crippen LogP contribution < -0.4 is 0 Å². The van der Waals surface area contributed by atoms with E-state index in [-0.39, 0.29) is 5.41 Å². The van der Waals surface area contributed by atoms with E-state index in [1.807, 2.05) is 0 Å². The second-order valence-corrected chi connectivity index (χ2v) is 9.27. The van der Waals surface area contributed by atoms with Gasteiger partial charge in [-0.15, -0.1) is 0 Å². The van der Waals surface area contributed by atoms with Gasteiger partial charge in [0.15, 0.2) is 0 Å². The summed E-state index contributed by atoms with van der Waals surface area (Å²) < 4.78 is 0. The van der Waals surface area contributed by atoms with Crippen LogP contribution in [0.4, 0.5) is 0 Å². The third kappa shape index (κ3) is 2.74. The highest BCUT2D eigenvalue weighted by atomic mass is 14.5. The molecule has 0 amide bonds. The molecule has 3 aromatic rings. The van der Waals surface area contributed by atoms with E-state index >= 15 is 0 Å². The lowest BCUT2D eigenvalue weighted by Crippen LogP contribution is -2.29. The van der Waals surface area contributed by atoms with Gasteiger partial charge in [0.1, 0.15) is 0 Å². The first-order chi connectivity index (χ1) is 14.0. The van der Waals surface area contributed by atoms with E-state index in [0.717, 1.165) is 0 Å². The Morgan fingerprint density at radius 2 is 1.24 bits per heavy atom. The Labute approximate surface area is 174 Å². The summed E-state index contributed by atoms with van der Waals surface area (Å²) >= 11 is 0. The molecule has 0 radical (unpaired) electrons. The van der Waals surface area contributed by atoms with Crippen molar-refractivity contribution in [2.24, 2.45) is 5.41 Å². The molecule has 0 aromatic heterocycles. The maximum atomic E-state index is 2.46. The minimum Gasteiger partial charge on any atom is -0.0646 e. The quantitative estimate of drug-likeness (QED) is 0.433. The van der Waals surface area contributed by atoms with Crippen molar-refractivity contribution in [3.8, 4) is 11.1 Å².